The van der Waals surface area contributed by atoms with Crippen LogP contribution in [0.15, 0.2) is 72.0 Å². The maximum atomic E-state index is 13.6. The van der Waals surface area contributed by atoms with Gasteiger partial charge in [0.1, 0.15) is 17.8 Å². The van der Waals surface area contributed by atoms with Crippen molar-refractivity contribution in [2.24, 2.45) is 5.92 Å². The van der Waals surface area contributed by atoms with Crippen molar-refractivity contribution in [2.75, 3.05) is 25.9 Å². The number of nitrogens with zero attached hydrogens (tertiary/aromatic N) is 5. The van der Waals surface area contributed by atoms with Crippen LogP contribution in [0.3, 0.4) is 0 Å². The van der Waals surface area contributed by atoms with E-state index < -0.39 is 28.1 Å². The van der Waals surface area contributed by atoms with E-state index in [1.807, 2.05) is 44.2 Å². The zero-order valence-electron chi connectivity index (χ0n) is 23.2. The number of aliphatic hydroxyl groups excluding tert-OH is 1. The number of carbonyl (C=O) groups excluding carboxylic acids is 1. The highest BCUT2D eigenvalue weighted by atomic mass is 32.2. The van der Waals surface area contributed by atoms with E-state index in [-0.39, 0.29) is 42.8 Å². The second-order valence-electron chi connectivity index (χ2n) is 10.1. The summed E-state index contributed by atoms with van der Waals surface area (Å²) < 4.78 is 35.2. The van der Waals surface area contributed by atoms with Crippen LogP contribution in [0.4, 0.5) is 5.95 Å². The number of hydrogen-bond acceptors (Lipinski definition) is 9. The first-order chi connectivity index (χ1) is 19.6. The number of carbonyl (C=O) groups is 1. The Labute approximate surface area is 239 Å². The van der Waals surface area contributed by atoms with Gasteiger partial charge in [0, 0.05) is 13.1 Å². The highest BCUT2D eigenvalue weighted by molar-refractivity contribution is 7.89. The molecule has 12 nitrogen and oxygen atoms in total. The van der Waals surface area contributed by atoms with Crippen molar-refractivity contribution in [3.8, 4) is 5.75 Å². The Hall–Kier alpha value is -4.07. The zero-order valence-corrected chi connectivity index (χ0v) is 24.0. The van der Waals surface area contributed by atoms with Gasteiger partial charge in [-0.2, -0.15) is 9.29 Å². The van der Waals surface area contributed by atoms with Crippen molar-refractivity contribution in [3.05, 3.63) is 72.7 Å². The number of methoxy groups -OCH3 is 1. The third kappa shape index (κ3) is 7.57. The molecule has 0 aliphatic rings. The van der Waals surface area contributed by atoms with Crippen LogP contribution in [0.25, 0.3) is 11.2 Å². The SMILES string of the molecule is COc1ccc(S(=O)(=O)N(CC(C)C)C[C@@H](O)[C@H](Cc2ccccc2)NC(=O)Cn2cnc3cnc(N)nc32)cc1. The molecule has 1 amide bonds. The predicted octanol–water partition coefficient (Wildman–Crippen LogP) is 1.85. The first kappa shape index (κ1) is 29.9. The summed E-state index contributed by atoms with van der Waals surface area (Å²) in [5, 5.41) is 14.3. The van der Waals surface area contributed by atoms with Gasteiger partial charge in [0.25, 0.3) is 0 Å². The van der Waals surface area contributed by atoms with E-state index in [1.165, 1.54) is 40.6 Å². The number of imidazole rings is 1. The fourth-order valence-corrected chi connectivity index (χ4v) is 6.08. The molecule has 41 heavy (non-hydrogen) atoms. The first-order valence-electron chi connectivity index (χ1n) is 13.2. The number of rotatable bonds is 13. The number of hydrogen-bond donors (Lipinski definition) is 3. The Morgan fingerprint density at radius 3 is 2.46 bits per heavy atom. The molecule has 0 bridgehead atoms. The summed E-state index contributed by atoms with van der Waals surface area (Å²) >= 11 is 0. The molecule has 2 aromatic carbocycles. The van der Waals surface area contributed by atoms with Crippen molar-refractivity contribution in [3.63, 3.8) is 0 Å². The molecule has 13 heteroatoms. The van der Waals surface area contributed by atoms with E-state index in [4.69, 9.17) is 10.5 Å². The molecule has 218 valence electrons. The van der Waals surface area contributed by atoms with E-state index in [1.54, 1.807) is 12.1 Å². The van der Waals surface area contributed by atoms with Crippen LogP contribution in [0.5, 0.6) is 5.75 Å². The molecule has 0 fully saturated rings. The average molecular weight is 582 g/mol. The van der Waals surface area contributed by atoms with Crippen molar-refractivity contribution in [2.45, 2.75) is 43.9 Å². The Morgan fingerprint density at radius 1 is 1.10 bits per heavy atom. The number of benzene rings is 2. The molecule has 0 saturated heterocycles. The van der Waals surface area contributed by atoms with Crippen LogP contribution in [-0.2, 0) is 27.8 Å². The molecule has 0 aliphatic carbocycles. The quantitative estimate of drug-likeness (QED) is 0.214. The van der Waals surface area contributed by atoms with Crippen molar-refractivity contribution in [1.29, 1.82) is 0 Å². The number of nitrogens with one attached hydrogen (secondary N) is 1. The summed E-state index contributed by atoms with van der Waals surface area (Å²) in [4.78, 5) is 25.6. The number of nitrogen functional groups attached to an aromatic ring is 1. The molecule has 0 spiro atoms. The topological polar surface area (TPSA) is 166 Å². The lowest BCUT2D eigenvalue weighted by atomic mass is 10.0. The molecule has 2 aromatic heterocycles. The second kappa shape index (κ2) is 13.1. The molecule has 0 saturated carbocycles. The minimum absolute atomic E-state index is 0.0127. The number of aromatic nitrogens is 4. The molecular weight excluding hydrogens is 546 g/mol. The van der Waals surface area contributed by atoms with Crippen molar-refractivity contribution < 1.29 is 23.1 Å². The van der Waals surface area contributed by atoms with E-state index in [0.717, 1.165) is 5.56 Å². The third-order valence-corrected chi connectivity index (χ3v) is 8.30. The Bertz CT molecular complexity index is 1560. The maximum Gasteiger partial charge on any atom is 0.243 e. The van der Waals surface area contributed by atoms with E-state index in [0.29, 0.717) is 16.9 Å². The van der Waals surface area contributed by atoms with Gasteiger partial charge in [0.2, 0.25) is 21.9 Å². The lowest BCUT2D eigenvalue weighted by Crippen LogP contribution is -2.51. The van der Waals surface area contributed by atoms with Gasteiger partial charge in [-0.3, -0.25) is 4.79 Å². The number of ether oxygens (including phenoxy) is 1. The van der Waals surface area contributed by atoms with Gasteiger partial charge in [-0.15, -0.1) is 0 Å². The van der Waals surface area contributed by atoms with Crippen molar-refractivity contribution in [1.82, 2.24) is 29.1 Å². The van der Waals surface area contributed by atoms with Gasteiger partial charge in [-0.25, -0.2) is 18.4 Å². The maximum absolute atomic E-state index is 13.6. The third-order valence-electron chi connectivity index (χ3n) is 6.46. The summed E-state index contributed by atoms with van der Waals surface area (Å²) in [5.41, 5.74) is 7.47. The highest BCUT2D eigenvalue weighted by Gasteiger charge is 2.31. The molecule has 0 radical (unpaired) electrons. The number of amides is 1. The average Bonchev–Trinajstić information content (AvgIpc) is 3.33. The van der Waals surface area contributed by atoms with Gasteiger partial charge in [-0.05, 0) is 42.2 Å². The van der Waals surface area contributed by atoms with Crippen molar-refractivity contribution >= 4 is 33.0 Å². The van der Waals surface area contributed by atoms with Crippen LogP contribution in [-0.4, -0.2) is 75.6 Å². The summed E-state index contributed by atoms with van der Waals surface area (Å²) in [5.74, 6) is 0.168. The molecule has 2 atom stereocenters. The summed E-state index contributed by atoms with van der Waals surface area (Å²) in [7, 11) is -2.45. The Balaban J connectivity index is 1.57. The normalized spacial score (nSPS) is 13.4. The number of nitrogens with two attached hydrogens (primary N) is 1. The highest BCUT2D eigenvalue weighted by Crippen LogP contribution is 2.22. The monoisotopic (exact) mass is 581 g/mol. The summed E-state index contributed by atoms with van der Waals surface area (Å²) in [6.45, 7) is 3.63. The number of anilines is 1. The molecule has 4 aromatic rings. The van der Waals surface area contributed by atoms with Crippen LogP contribution in [0.2, 0.25) is 0 Å². The van der Waals surface area contributed by atoms with Gasteiger partial charge in [0.15, 0.2) is 5.65 Å². The Morgan fingerprint density at radius 2 is 1.80 bits per heavy atom. The minimum Gasteiger partial charge on any atom is -0.497 e. The van der Waals surface area contributed by atoms with Crippen LogP contribution in [0.1, 0.15) is 19.4 Å². The fraction of sp³-hybridized carbons (Fsp3) is 0.357. The number of sulfonamides is 1. The van der Waals surface area contributed by atoms with Gasteiger partial charge in [-0.1, -0.05) is 44.2 Å². The molecule has 2 heterocycles. The minimum atomic E-state index is -3.95. The summed E-state index contributed by atoms with van der Waals surface area (Å²) in [6.07, 6.45) is 2.00. The number of fused-ring (bicyclic) bond motifs is 1. The summed E-state index contributed by atoms with van der Waals surface area (Å²) in [6, 6.07) is 14.7. The standard InChI is InChI=1S/C28H35N7O5S/c1-19(2)15-35(41(38,39)22-11-9-21(40-3)10-12-22)16-25(36)23(13-20-7-5-4-6-8-20)32-26(37)17-34-18-31-24-14-30-28(29)33-27(24)34/h4-12,14,18-19,23,25,36H,13,15-17H2,1-3H3,(H,32,37)(H2,29,30,33)/t23-,25+/m0/s1. The van der Waals surface area contributed by atoms with E-state index in [9.17, 15) is 18.3 Å². The van der Waals surface area contributed by atoms with Gasteiger partial charge < -0.3 is 25.5 Å². The van der Waals surface area contributed by atoms with Crippen LogP contribution >= 0.6 is 0 Å². The van der Waals surface area contributed by atoms with Gasteiger partial charge in [0.05, 0.1) is 36.7 Å². The largest absolute Gasteiger partial charge is 0.497 e. The fourth-order valence-electron chi connectivity index (χ4n) is 4.45. The predicted molar refractivity (Wildman–Crippen MR) is 154 cm³/mol. The molecule has 0 aliphatic heterocycles. The van der Waals surface area contributed by atoms with Gasteiger partial charge >= 0.3 is 0 Å². The Kier molecular flexibility index (Phi) is 9.53. The van der Waals surface area contributed by atoms with E-state index >= 15 is 0 Å². The van der Waals surface area contributed by atoms with Crippen LogP contribution < -0.4 is 15.8 Å². The zero-order chi connectivity index (χ0) is 29.6. The molecule has 4 rings (SSSR count). The van der Waals surface area contributed by atoms with E-state index in [2.05, 4.69) is 20.3 Å². The second-order valence-corrected chi connectivity index (χ2v) is 12.1. The molecular formula is C28H35N7O5S. The van der Waals surface area contributed by atoms with Crippen LogP contribution in [0, 0.1) is 5.92 Å². The first-order valence-corrected chi connectivity index (χ1v) is 14.6. The number of aliphatic hydroxyl groups is 1. The lowest BCUT2D eigenvalue weighted by molar-refractivity contribution is -0.123. The molecule has 0 unspecified atom stereocenters. The molecule has 4 N–H and O–H groups in total. The lowest BCUT2D eigenvalue weighted by Gasteiger charge is -2.31. The smallest absolute Gasteiger partial charge is 0.243 e.